The Labute approximate surface area is 255 Å². The van der Waals surface area contributed by atoms with Crippen LogP contribution in [0.2, 0.25) is 5.15 Å². The van der Waals surface area contributed by atoms with Gasteiger partial charge in [-0.15, -0.1) is 0 Å². The van der Waals surface area contributed by atoms with E-state index in [-0.39, 0.29) is 42.0 Å². The molecule has 0 fully saturated rings. The number of amides is 3. The van der Waals surface area contributed by atoms with Crippen molar-refractivity contribution in [2.45, 2.75) is 38.8 Å². The maximum absolute atomic E-state index is 14.5. The van der Waals surface area contributed by atoms with Crippen LogP contribution in [0.4, 0.5) is 25.0 Å². The molecule has 5 rings (SSSR count). The van der Waals surface area contributed by atoms with Gasteiger partial charge in [-0.05, 0) is 67.8 Å². The molecule has 10 nitrogen and oxygen atoms in total. The number of imidazole rings is 1. The van der Waals surface area contributed by atoms with E-state index >= 15 is 0 Å². The van der Waals surface area contributed by atoms with Crippen molar-refractivity contribution < 1.29 is 27.9 Å². The number of aryl methyl sites for hydroxylation is 1. The molecule has 3 heterocycles. The first kappa shape index (κ1) is 30.4. The average Bonchev–Trinajstić information content (AvgIpc) is 3.36. The molecule has 4 N–H and O–H groups in total. The summed E-state index contributed by atoms with van der Waals surface area (Å²) in [5.41, 5.74) is 1.51. The molecular weight excluding hydrogens is 594 g/mol. The van der Waals surface area contributed by atoms with Crippen molar-refractivity contribution in [1.82, 2.24) is 20.3 Å². The number of nitrogens with zero attached hydrogens (tertiary/aromatic N) is 2. The van der Waals surface area contributed by atoms with Crippen LogP contribution in [0.3, 0.4) is 0 Å². The third-order valence-electron chi connectivity index (χ3n) is 6.68. The molecule has 1 aliphatic rings. The number of pyridine rings is 1. The van der Waals surface area contributed by atoms with Crippen LogP contribution in [0, 0.1) is 18.6 Å². The number of carbonyl (C=O) groups is 3. The van der Waals surface area contributed by atoms with E-state index in [0.29, 0.717) is 34.6 Å². The van der Waals surface area contributed by atoms with Gasteiger partial charge in [0, 0.05) is 23.9 Å². The van der Waals surface area contributed by atoms with Crippen molar-refractivity contribution in [3.63, 3.8) is 0 Å². The lowest BCUT2D eigenvalue weighted by Crippen LogP contribution is -2.30. The molecule has 4 aromatic rings. The number of hydrogen-bond acceptors (Lipinski definition) is 6. The molecule has 0 aliphatic carbocycles. The van der Waals surface area contributed by atoms with Gasteiger partial charge in [0.1, 0.15) is 40.5 Å². The number of H-pyrrole nitrogens is 1. The number of fused-ring (bicyclic) bond motifs is 4. The standard InChI is InChI=1S/C31H27ClF2N6O4/c1-17-13-21(33)26(22(34)14-17)30(42)38-23-8-3-2-4-9-25(41)37-24-15-18(10-11-20(24)27-28(32)40-29(23)39-27)36-31(43)44-16-19-7-5-6-12-35-19/h2-3,5-7,10-15,23H,4,8-9,16H2,1H3,(H,36,43)(H,37,41)(H,38,42)(H,39,40)/t23-/m0/s1. The minimum atomic E-state index is -0.984. The van der Waals surface area contributed by atoms with Crippen molar-refractivity contribution in [2.24, 2.45) is 0 Å². The molecular formula is C31H27ClF2N6O4. The Kier molecular flexibility index (Phi) is 9.29. The Bertz CT molecular complexity index is 1720. The predicted octanol–water partition coefficient (Wildman–Crippen LogP) is 6.61. The van der Waals surface area contributed by atoms with Gasteiger partial charge in [-0.1, -0.05) is 29.8 Å². The predicted molar refractivity (Wildman–Crippen MR) is 160 cm³/mol. The molecule has 2 bridgehead atoms. The van der Waals surface area contributed by atoms with Crippen LogP contribution in [0.25, 0.3) is 11.3 Å². The summed E-state index contributed by atoms with van der Waals surface area (Å²) in [6.45, 7) is 1.49. The number of anilines is 2. The number of nitrogens with one attached hydrogen (secondary N) is 4. The molecule has 2 aromatic heterocycles. The fourth-order valence-corrected chi connectivity index (χ4v) is 4.83. The summed E-state index contributed by atoms with van der Waals surface area (Å²) in [5, 5.41) is 8.20. The zero-order valence-electron chi connectivity index (χ0n) is 23.4. The number of carbonyl (C=O) groups excluding carboxylic acids is 3. The molecule has 0 saturated heterocycles. The third-order valence-corrected chi connectivity index (χ3v) is 6.95. The largest absolute Gasteiger partial charge is 0.443 e. The molecule has 0 saturated carbocycles. The Morgan fingerprint density at radius 1 is 1.11 bits per heavy atom. The number of aromatic amines is 1. The van der Waals surface area contributed by atoms with Crippen molar-refractivity contribution in [3.8, 4) is 11.3 Å². The highest BCUT2D eigenvalue weighted by Crippen LogP contribution is 2.36. The quantitative estimate of drug-likeness (QED) is 0.185. The van der Waals surface area contributed by atoms with Crippen LogP contribution in [-0.2, 0) is 16.1 Å². The molecule has 2 aromatic carbocycles. The molecule has 0 spiro atoms. The summed E-state index contributed by atoms with van der Waals surface area (Å²) in [6, 6.07) is 11.3. The number of aromatic nitrogens is 3. The molecule has 226 valence electrons. The summed E-state index contributed by atoms with van der Waals surface area (Å²) >= 11 is 6.55. The van der Waals surface area contributed by atoms with E-state index in [4.69, 9.17) is 16.3 Å². The first-order valence-electron chi connectivity index (χ1n) is 13.6. The van der Waals surface area contributed by atoms with Crippen molar-refractivity contribution >= 4 is 40.9 Å². The van der Waals surface area contributed by atoms with Crippen LogP contribution in [0.1, 0.15) is 52.7 Å². The van der Waals surface area contributed by atoms with Crippen LogP contribution >= 0.6 is 11.6 Å². The Hall–Kier alpha value is -5.10. The number of hydrogen-bond donors (Lipinski definition) is 4. The molecule has 44 heavy (non-hydrogen) atoms. The van der Waals surface area contributed by atoms with Gasteiger partial charge in [-0.2, -0.15) is 0 Å². The van der Waals surface area contributed by atoms with Crippen molar-refractivity contribution in [2.75, 3.05) is 10.6 Å². The lowest BCUT2D eigenvalue weighted by Gasteiger charge is -2.16. The molecule has 0 unspecified atom stereocenters. The van der Waals surface area contributed by atoms with Gasteiger partial charge < -0.3 is 20.4 Å². The third kappa shape index (κ3) is 7.27. The number of halogens is 3. The number of ether oxygens (including phenoxy) is 1. The number of rotatable bonds is 5. The molecule has 3 amide bonds. The fraction of sp³-hybridized carbons (Fsp3) is 0.194. The Morgan fingerprint density at radius 3 is 2.66 bits per heavy atom. The average molecular weight is 621 g/mol. The van der Waals surface area contributed by atoms with E-state index in [1.165, 1.54) is 13.0 Å². The highest BCUT2D eigenvalue weighted by molar-refractivity contribution is 6.32. The summed E-state index contributed by atoms with van der Waals surface area (Å²) in [6.07, 6.45) is 5.07. The second-order valence-electron chi connectivity index (χ2n) is 9.99. The Morgan fingerprint density at radius 2 is 1.91 bits per heavy atom. The number of benzene rings is 2. The van der Waals surface area contributed by atoms with E-state index in [2.05, 4.69) is 30.9 Å². The van der Waals surface area contributed by atoms with Gasteiger partial charge in [-0.25, -0.2) is 18.6 Å². The van der Waals surface area contributed by atoms with E-state index < -0.39 is 35.2 Å². The van der Waals surface area contributed by atoms with Gasteiger partial charge in [-0.3, -0.25) is 19.9 Å². The van der Waals surface area contributed by atoms with Crippen molar-refractivity contribution in [3.05, 3.63) is 106 Å². The minimum absolute atomic E-state index is 0.0333. The van der Waals surface area contributed by atoms with Gasteiger partial charge >= 0.3 is 6.09 Å². The highest BCUT2D eigenvalue weighted by atomic mass is 35.5. The first-order chi connectivity index (χ1) is 21.2. The van der Waals surface area contributed by atoms with E-state index in [9.17, 15) is 23.2 Å². The second kappa shape index (κ2) is 13.5. The van der Waals surface area contributed by atoms with Crippen LogP contribution in [-0.4, -0.2) is 32.9 Å². The summed E-state index contributed by atoms with van der Waals surface area (Å²) < 4.78 is 34.3. The normalized spacial score (nSPS) is 14.7. The van der Waals surface area contributed by atoms with E-state index in [1.807, 2.05) is 0 Å². The molecule has 1 aliphatic heterocycles. The molecule has 13 heteroatoms. The maximum Gasteiger partial charge on any atom is 0.412 e. The second-order valence-corrected chi connectivity index (χ2v) is 10.4. The highest BCUT2D eigenvalue weighted by Gasteiger charge is 2.26. The van der Waals surface area contributed by atoms with Gasteiger partial charge in [0.15, 0.2) is 0 Å². The van der Waals surface area contributed by atoms with Gasteiger partial charge in [0.25, 0.3) is 5.91 Å². The Balaban J connectivity index is 1.42. The lowest BCUT2D eigenvalue weighted by atomic mass is 10.1. The monoisotopic (exact) mass is 620 g/mol. The first-order valence-corrected chi connectivity index (χ1v) is 14.0. The zero-order chi connectivity index (χ0) is 31.2. The lowest BCUT2D eigenvalue weighted by molar-refractivity contribution is -0.116. The minimum Gasteiger partial charge on any atom is -0.443 e. The topological polar surface area (TPSA) is 138 Å². The summed E-state index contributed by atoms with van der Waals surface area (Å²) in [4.78, 5) is 49.8. The zero-order valence-corrected chi connectivity index (χ0v) is 24.2. The van der Waals surface area contributed by atoms with Crippen LogP contribution in [0.15, 0.2) is 66.9 Å². The molecule has 1 atom stereocenters. The SMILES string of the molecule is Cc1cc(F)c(C(=O)N[C@H]2CC=CCCC(=O)Nc3cc(NC(=O)OCc4ccccn4)ccc3-c3nc2[nH]c3Cl)c(F)c1. The van der Waals surface area contributed by atoms with Crippen LogP contribution < -0.4 is 16.0 Å². The summed E-state index contributed by atoms with van der Waals surface area (Å²) in [5.74, 6) is -3.00. The van der Waals surface area contributed by atoms with E-state index in [0.717, 1.165) is 12.1 Å². The van der Waals surface area contributed by atoms with Crippen molar-refractivity contribution in [1.29, 1.82) is 0 Å². The summed E-state index contributed by atoms with van der Waals surface area (Å²) in [7, 11) is 0. The van der Waals surface area contributed by atoms with E-state index in [1.54, 1.807) is 48.7 Å². The van der Waals surface area contributed by atoms with Gasteiger partial charge in [0.05, 0.1) is 17.4 Å². The van der Waals surface area contributed by atoms with Gasteiger partial charge in [0.2, 0.25) is 5.91 Å². The smallest absolute Gasteiger partial charge is 0.412 e. The molecule has 0 radical (unpaired) electrons. The maximum atomic E-state index is 14.5. The number of allylic oxidation sites excluding steroid dienone is 1. The van der Waals surface area contributed by atoms with Crippen LogP contribution in [0.5, 0.6) is 0 Å². The fourth-order valence-electron chi connectivity index (χ4n) is 4.58.